The number of aromatic nitrogens is 1. The Morgan fingerprint density at radius 2 is 1.61 bits per heavy atom. The maximum atomic E-state index is 13.9. The minimum Gasteiger partial charge on any atom is -0.478 e. The van der Waals surface area contributed by atoms with Gasteiger partial charge in [-0.2, -0.15) is 13.2 Å². The van der Waals surface area contributed by atoms with Crippen LogP contribution in [0, 0.1) is 0 Å². The monoisotopic (exact) mass is 552 g/mol. The van der Waals surface area contributed by atoms with Crippen LogP contribution >= 0.6 is 0 Å². The molecule has 0 atom stereocenters. The van der Waals surface area contributed by atoms with E-state index in [-0.39, 0.29) is 22.2 Å². The first kappa shape index (κ1) is 27.3. The lowest BCUT2D eigenvalue weighted by Crippen LogP contribution is -2.09. The number of carbonyl (C=O) groups excluding carboxylic acids is 1. The Morgan fingerprint density at radius 1 is 0.878 bits per heavy atom. The van der Waals surface area contributed by atoms with Gasteiger partial charge in [-0.05, 0) is 41.0 Å². The van der Waals surface area contributed by atoms with Crippen molar-refractivity contribution in [1.82, 2.24) is 4.98 Å². The summed E-state index contributed by atoms with van der Waals surface area (Å²) >= 11 is 0. The number of nitrogens with zero attached hydrogens (tertiary/aromatic N) is 1. The van der Waals surface area contributed by atoms with Crippen LogP contribution < -0.4 is 5.32 Å². The summed E-state index contributed by atoms with van der Waals surface area (Å²) in [5, 5.41) is 12.3. The Bertz CT molecular complexity index is 1760. The van der Waals surface area contributed by atoms with E-state index >= 15 is 0 Å². The molecule has 5 rings (SSSR count). The predicted molar refractivity (Wildman–Crippen MR) is 152 cm³/mol. The van der Waals surface area contributed by atoms with Crippen LogP contribution in [0.4, 0.5) is 18.9 Å². The van der Waals surface area contributed by atoms with Crippen LogP contribution in [0.5, 0.6) is 0 Å². The molecule has 0 fully saturated rings. The highest BCUT2D eigenvalue weighted by atomic mass is 19.4. The zero-order valence-corrected chi connectivity index (χ0v) is 21.5. The van der Waals surface area contributed by atoms with Crippen molar-refractivity contribution < 1.29 is 27.9 Å². The minimum atomic E-state index is -4.61. The van der Waals surface area contributed by atoms with E-state index in [2.05, 4.69) is 10.3 Å². The quantitative estimate of drug-likeness (QED) is 0.151. The molecule has 41 heavy (non-hydrogen) atoms. The largest absolute Gasteiger partial charge is 0.478 e. The second-order valence-corrected chi connectivity index (χ2v) is 9.29. The predicted octanol–water partition coefficient (Wildman–Crippen LogP) is 7.86. The van der Waals surface area contributed by atoms with Gasteiger partial charge in [-0.15, -0.1) is 0 Å². The van der Waals surface area contributed by atoms with Gasteiger partial charge in [0.1, 0.15) is 0 Å². The van der Waals surface area contributed by atoms with Crippen LogP contribution in [0.1, 0.15) is 32.6 Å². The van der Waals surface area contributed by atoms with E-state index in [0.29, 0.717) is 28.9 Å². The number of benzene rings is 4. The van der Waals surface area contributed by atoms with Crippen molar-refractivity contribution in [3.05, 3.63) is 137 Å². The lowest BCUT2D eigenvalue weighted by atomic mass is 9.91. The summed E-state index contributed by atoms with van der Waals surface area (Å²) in [6, 6.07) is 26.9. The van der Waals surface area contributed by atoms with E-state index < -0.39 is 17.7 Å². The molecule has 4 aromatic carbocycles. The summed E-state index contributed by atoms with van der Waals surface area (Å²) in [7, 11) is 0. The van der Waals surface area contributed by atoms with Gasteiger partial charge in [0.25, 0.3) is 0 Å². The van der Waals surface area contributed by atoms with Gasteiger partial charge < -0.3 is 10.4 Å². The molecule has 0 amide bonds. The van der Waals surface area contributed by atoms with Crippen LogP contribution in [0.25, 0.3) is 28.1 Å². The number of halogens is 3. The molecule has 0 bridgehead atoms. The molecule has 0 aliphatic heterocycles. The number of hydrogen-bond acceptors (Lipinski definition) is 4. The van der Waals surface area contributed by atoms with Crippen molar-refractivity contribution in [2.45, 2.75) is 12.7 Å². The number of carboxylic acids is 1. The van der Waals surface area contributed by atoms with Crippen molar-refractivity contribution in [2.24, 2.45) is 0 Å². The van der Waals surface area contributed by atoms with Gasteiger partial charge in [-0.1, -0.05) is 78.9 Å². The molecule has 1 aromatic heterocycles. The van der Waals surface area contributed by atoms with E-state index in [0.717, 1.165) is 23.3 Å². The number of carbonyl (C=O) groups is 2. The fourth-order valence-electron chi connectivity index (χ4n) is 4.58. The Labute approximate surface area is 233 Å². The highest BCUT2D eigenvalue weighted by Gasteiger charge is 2.34. The Hall–Kier alpha value is -5.24. The third kappa shape index (κ3) is 6.17. The molecule has 0 radical (unpaired) electrons. The Kier molecular flexibility index (Phi) is 7.65. The number of anilines is 1. The average Bonchev–Trinajstić information content (AvgIpc) is 2.98. The highest BCUT2D eigenvalue weighted by molar-refractivity contribution is 6.16. The number of rotatable bonds is 8. The number of para-hydroxylation sites is 1. The first-order valence-electron chi connectivity index (χ1n) is 12.6. The molecule has 0 saturated heterocycles. The summed E-state index contributed by atoms with van der Waals surface area (Å²) in [5.74, 6) is -1.37. The molecule has 0 saturated carbocycles. The number of ketones is 1. The van der Waals surface area contributed by atoms with Crippen molar-refractivity contribution in [2.75, 3.05) is 5.32 Å². The summed E-state index contributed by atoms with van der Waals surface area (Å²) < 4.78 is 41.6. The minimum absolute atomic E-state index is 0.199. The maximum Gasteiger partial charge on any atom is 0.418 e. The van der Waals surface area contributed by atoms with Gasteiger partial charge in [0.15, 0.2) is 5.78 Å². The molecule has 8 heteroatoms. The Balaban J connectivity index is 1.54. The zero-order valence-electron chi connectivity index (χ0n) is 21.5. The second kappa shape index (κ2) is 11.5. The molecule has 0 aliphatic carbocycles. The van der Waals surface area contributed by atoms with Crippen molar-refractivity contribution in [3.63, 3.8) is 0 Å². The summed E-state index contributed by atoms with van der Waals surface area (Å²) in [6.07, 6.45) is -0.823. The van der Waals surface area contributed by atoms with Crippen LogP contribution in [0.2, 0.25) is 0 Å². The van der Waals surface area contributed by atoms with Crippen LogP contribution in [-0.2, 0) is 17.5 Å². The van der Waals surface area contributed by atoms with E-state index in [9.17, 15) is 22.8 Å². The van der Waals surface area contributed by atoms with Gasteiger partial charge in [0.05, 0.1) is 11.1 Å². The van der Waals surface area contributed by atoms with Gasteiger partial charge in [-0.3, -0.25) is 9.78 Å². The van der Waals surface area contributed by atoms with Gasteiger partial charge in [0, 0.05) is 46.6 Å². The van der Waals surface area contributed by atoms with E-state index in [1.54, 1.807) is 66.7 Å². The number of nitrogens with one attached hydrogen (secondary N) is 1. The second-order valence-electron chi connectivity index (χ2n) is 9.29. The lowest BCUT2D eigenvalue weighted by Gasteiger charge is -2.16. The smallest absolute Gasteiger partial charge is 0.418 e. The molecular formula is C33H23F3N2O3. The first-order valence-corrected chi connectivity index (χ1v) is 12.6. The number of alkyl halides is 3. The fourth-order valence-corrected chi connectivity index (χ4v) is 4.58. The molecule has 0 spiro atoms. The van der Waals surface area contributed by atoms with Crippen molar-refractivity contribution in [3.8, 4) is 11.1 Å². The summed E-state index contributed by atoms with van der Waals surface area (Å²) in [6.45, 7) is 0.442. The maximum absolute atomic E-state index is 13.9. The number of carboxylic acid groups (broad SMARTS) is 1. The molecular weight excluding hydrogens is 529 g/mol. The highest BCUT2D eigenvalue weighted by Crippen LogP contribution is 2.39. The fraction of sp³-hybridized carbons (Fsp3) is 0.0606. The van der Waals surface area contributed by atoms with Crippen LogP contribution in [-0.4, -0.2) is 21.8 Å². The van der Waals surface area contributed by atoms with Gasteiger partial charge >= 0.3 is 12.1 Å². The topological polar surface area (TPSA) is 79.3 Å². The molecule has 5 aromatic rings. The molecule has 5 nitrogen and oxygen atoms in total. The molecule has 1 heterocycles. The summed E-state index contributed by atoms with van der Waals surface area (Å²) in [4.78, 5) is 28.4. The zero-order chi connectivity index (χ0) is 29.0. The number of aliphatic carboxylic acids is 1. The Morgan fingerprint density at radius 3 is 2.32 bits per heavy atom. The standard InChI is InChI=1S/C33H23F3N2O3/c34-33(35,36)28-11-5-10-26-30(27(20-38-31(26)28)32(41)23-6-2-1-3-7-23)24-8-4-9-25(18-24)37-19-22-14-12-21(13-15-22)16-17-29(39)40/h1-18,20,37H,19H2,(H,39,40). The van der Waals surface area contributed by atoms with Crippen molar-refractivity contribution in [1.29, 1.82) is 0 Å². The number of hydrogen-bond donors (Lipinski definition) is 2. The average molecular weight is 553 g/mol. The normalized spacial score (nSPS) is 11.6. The van der Waals surface area contributed by atoms with Crippen LogP contribution in [0.15, 0.2) is 109 Å². The van der Waals surface area contributed by atoms with Gasteiger partial charge in [-0.25, -0.2) is 4.79 Å². The van der Waals surface area contributed by atoms with Crippen molar-refractivity contribution >= 4 is 34.4 Å². The number of pyridine rings is 1. The van der Waals surface area contributed by atoms with E-state index in [1.165, 1.54) is 18.3 Å². The first-order chi connectivity index (χ1) is 19.7. The van der Waals surface area contributed by atoms with Crippen LogP contribution in [0.3, 0.4) is 0 Å². The lowest BCUT2D eigenvalue weighted by molar-refractivity contribution is -0.136. The van der Waals surface area contributed by atoms with E-state index in [1.807, 2.05) is 18.2 Å². The van der Waals surface area contributed by atoms with Gasteiger partial charge in [0.2, 0.25) is 0 Å². The third-order valence-electron chi connectivity index (χ3n) is 6.53. The number of fused-ring (bicyclic) bond motifs is 1. The van der Waals surface area contributed by atoms with E-state index in [4.69, 9.17) is 5.11 Å². The SMILES string of the molecule is O=C(O)C=Cc1ccc(CNc2cccc(-c3c(C(=O)c4ccccc4)cnc4c(C(F)(F)F)cccc34)c2)cc1. The molecule has 2 N–H and O–H groups in total. The third-order valence-corrected chi connectivity index (χ3v) is 6.53. The molecule has 0 unspecified atom stereocenters. The molecule has 204 valence electrons. The molecule has 0 aliphatic rings. The summed E-state index contributed by atoms with van der Waals surface area (Å²) in [5.41, 5.74) is 2.82.